The first-order valence-corrected chi connectivity index (χ1v) is 4.92. The van der Waals surface area contributed by atoms with Crippen LogP contribution in [-0.2, 0) is 4.84 Å². The molecule has 0 saturated carbocycles. The fourth-order valence-corrected chi connectivity index (χ4v) is 2.06. The van der Waals surface area contributed by atoms with Crippen molar-refractivity contribution in [2.75, 3.05) is 26.2 Å². The van der Waals surface area contributed by atoms with Crippen LogP contribution in [0.3, 0.4) is 0 Å². The molecule has 0 aromatic heterocycles. The van der Waals surface area contributed by atoms with Crippen molar-refractivity contribution in [2.45, 2.75) is 12.8 Å². The van der Waals surface area contributed by atoms with E-state index in [1.807, 2.05) is 0 Å². The highest BCUT2D eigenvalue weighted by Gasteiger charge is 2.31. The van der Waals surface area contributed by atoms with Crippen molar-refractivity contribution in [3.63, 3.8) is 0 Å². The average Bonchev–Trinajstić information content (AvgIpc) is 2.20. The van der Waals surface area contributed by atoms with Crippen LogP contribution in [0.1, 0.15) is 12.8 Å². The van der Waals surface area contributed by atoms with Crippen LogP contribution in [0.4, 0.5) is 0 Å². The molecule has 0 aromatic carbocycles. The van der Waals surface area contributed by atoms with Crippen molar-refractivity contribution in [1.29, 1.82) is 0 Å². The van der Waals surface area contributed by atoms with Crippen molar-refractivity contribution in [2.24, 2.45) is 11.1 Å². The first kappa shape index (κ1) is 8.75. The lowest BCUT2D eigenvalue weighted by atomic mass is 9.87. The quantitative estimate of drug-likeness (QED) is 0.371. The topological polar surface area (TPSA) is 24.8 Å². The fourth-order valence-electron chi connectivity index (χ4n) is 2.06. The van der Waals surface area contributed by atoms with Gasteiger partial charge in [-0.25, -0.2) is 0 Å². The van der Waals surface area contributed by atoms with E-state index in [2.05, 4.69) is 16.6 Å². The molecule has 3 heterocycles. The fraction of sp³-hybridized carbons (Fsp3) is 0.700. The number of hydrogen-bond acceptors (Lipinski definition) is 3. The van der Waals surface area contributed by atoms with E-state index in [9.17, 15) is 0 Å². The van der Waals surface area contributed by atoms with Crippen molar-refractivity contribution in [1.82, 2.24) is 4.90 Å². The highest BCUT2D eigenvalue weighted by Crippen LogP contribution is 2.25. The molecule has 13 heavy (non-hydrogen) atoms. The second-order valence-corrected chi connectivity index (χ2v) is 3.72. The van der Waals surface area contributed by atoms with Crippen LogP contribution in [0.15, 0.2) is 17.8 Å². The van der Waals surface area contributed by atoms with Gasteiger partial charge in [0, 0.05) is 12.5 Å². The van der Waals surface area contributed by atoms with Gasteiger partial charge in [-0.05, 0) is 25.9 Å². The maximum absolute atomic E-state index is 5.12. The van der Waals surface area contributed by atoms with Gasteiger partial charge in [-0.1, -0.05) is 17.8 Å². The predicted octanol–water partition coefficient (Wildman–Crippen LogP) is 1.27. The van der Waals surface area contributed by atoms with Crippen LogP contribution < -0.4 is 0 Å². The zero-order valence-electron chi connectivity index (χ0n) is 7.91. The smallest absolute Gasteiger partial charge is 0.135 e. The summed E-state index contributed by atoms with van der Waals surface area (Å²) in [5, 5.41) is 4.16. The summed E-state index contributed by atoms with van der Waals surface area (Å²) in [5.41, 5.74) is 1.24. The summed E-state index contributed by atoms with van der Waals surface area (Å²) < 4.78 is 0. The lowest BCUT2D eigenvalue weighted by Gasteiger charge is -2.39. The van der Waals surface area contributed by atoms with Gasteiger partial charge in [0.15, 0.2) is 0 Å². The molecular weight excluding hydrogens is 164 g/mol. The Bertz CT molecular complexity index is 217. The third-order valence-corrected chi connectivity index (χ3v) is 2.82. The summed E-state index contributed by atoms with van der Waals surface area (Å²) in [4.78, 5) is 7.56. The summed E-state index contributed by atoms with van der Waals surface area (Å²) in [6, 6.07) is 0. The van der Waals surface area contributed by atoms with Crippen molar-refractivity contribution in [3.8, 4) is 0 Å². The Kier molecular flexibility index (Phi) is 2.64. The lowest BCUT2D eigenvalue weighted by Crippen LogP contribution is -2.47. The summed E-state index contributed by atoms with van der Waals surface area (Å²) in [6.45, 7) is 7.61. The molecule has 0 spiro atoms. The second-order valence-electron chi connectivity index (χ2n) is 3.72. The number of oxime groups is 1. The Hall–Kier alpha value is -0.830. The van der Waals surface area contributed by atoms with Gasteiger partial charge >= 0.3 is 0 Å². The van der Waals surface area contributed by atoms with E-state index in [0.717, 1.165) is 6.54 Å². The highest BCUT2D eigenvalue weighted by molar-refractivity contribution is 5.89. The molecule has 0 aromatic rings. The van der Waals surface area contributed by atoms with Gasteiger partial charge in [0.1, 0.15) is 6.61 Å². The molecular formula is C10H16N2O. The summed E-state index contributed by atoms with van der Waals surface area (Å²) >= 11 is 0. The average molecular weight is 180 g/mol. The Morgan fingerprint density at radius 3 is 2.85 bits per heavy atom. The molecule has 3 heteroatoms. The first-order chi connectivity index (χ1) is 6.40. The minimum absolute atomic E-state index is 0.524. The van der Waals surface area contributed by atoms with Crippen molar-refractivity contribution in [3.05, 3.63) is 12.7 Å². The zero-order chi connectivity index (χ0) is 9.10. The van der Waals surface area contributed by atoms with E-state index in [4.69, 9.17) is 4.84 Å². The molecule has 2 bridgehead atoms. The van der Waals surface area contributed by atoms with Gasteiger partial charge in [0.2, 0.25) is 0 Å². The molecule has 3 saturated heterocycles. The number of fused-ring (bicyclic) bond motifs is 3. The molecule has 0 unspecified atom stereocenters. The van der Waals surface area contributed by atoms with Gasteiger partial charge in [-0.15, -0.1) is 0 Å². The molecule has 3 rings (SSSR count). The predicted molar refractivity (Wildman–Crippen MR) is 52.7 cm³/mol. The second kappa shape index (κ2) is 3.92. The Morgan fingerprint density at radius 1 is 1.54 bits per heavy atom. The number of rotatable bonds is 3. The Balaban J connectivity index is 1.92. The zero-order valence-corrected chi connectivity index (χ0v) is 7.91. The molecule has 0 radical (unpaired) electrons. The summed E-state index contributed by atoms with van der Waals surface area (Å²) in [5.74, 6) is 0.690. The van der Waals surface area contributed by atoms with Crippen LogP contribution >= 0.6 is 0 Å². The first-order valence-electron chi connectivity index (χ1n) is 4.92. The molecule has 3 aliphatic rings. The number of nitrogens with zero attached hydrogens (tertiary/aromatic N) is 2. The maximum Gasteiger partial charge on any atom is 0.135 e. The van der Waals surface area contributed by atoms with Gasteiger partial charge in [-0.3, -0.25) is 4.90 Å². The number of piperidine rings is 3. The minimum Gasteiger partial charge on any atom is -0.392 e. The maximum atomic E-state index is 5.12. The standard InChI is InChI=1S/C10H16N2O/c1-2-7-13-11-10-8-12-5-3-9(10)4-6-12/h2,9H,1,3-8H2/b11-10+. The largest absolute Gasteiger partial charge is 0.392 e. The van der Waals surface area contributed by atoms with Gasteiger partial charge in [0.25, 0.3) is 0 Å². The van der Waals surface area contributed by atoms with Crippen molar-refractivity contribution >= 4 is 5.71 Å². The molecule has 0 aliphatic carbocycles. The van der Waals surface area contributed by atoms with E-state index in [1.54, 1.807) is 6.08 Å². The van der Waals surface area contributed by atoms with E-state index < -0.39 is 0 Å². The van der Waals surface area contributed by atoms with Crippen LogP contribution in [-0.4, -0.2) is 36.9 Å². The minimum atomic E-state index is 0.524. The van der Waals surface area contributed by atoms with Crippen LogP contribution in [0.25, 0.3) is 0 Å². The molecule has 3 nitrogen and oxygen atoms in total. The number of hydrogen-bond donors (Lipinski definition) is 0. The van der Waals surface area contributed by atoms with Gasteiger partial charge in [-0.2, -0.15) is 0 Å². The highest BCUT2D eigenvalue weighted by atomic mass is 16.6. The molecule has 0 amide bonds. The summed E-state index contributed by atoms with van der Waals surface area (Å²) in [6.07, 6.45) is 4.25. The van der Waals surface area contributed by atoms with E-state index >= 15 is 0 Å². The van der Waals surface area contributed by atoms with Crippen LogP contribution in [0.2, 0.25) is 0 Å². The van der Waals surface area contributed by atoms with E-state index in [-0.39, 0.29) is 0 Å². The third kappa shape index (κ3) is 1.91. The Labute approximate surface area is 79.0 Å². The normalized spacial score (nSPS) is 34.9. The molecule has 0 atom stereocenters. The molecule has 3 aliphatic heterocycles. The SMILES string of the molecule is C=CCO/N=C1\CN2CCC1CC2. The molecule has 72 valence electrons. The van der Waals surface area contributed by atoms with Crippen LogP contribution in [0.5, 0.6) is 0 Å². The third-order valence-electron chi connectivity index (χ3n) is 2.82. The van der Waals surface area contributed by atoms with Gasteiger partial charge in [0.05, 0.1) is 5.71 Å². The van der Waals surface area contributed by atoms with E-state index in [1.165, 1.54) is 31.6 Å². The van der Waals surface area contributed by atoms with Crippen LogP contribution in [0, 0.1) is 5.92 Å². The summed E-state index contributed by atoms with van der Waals surface area (Å²) in [7, 11) is 0. The van der Waals surface area contributed by atoms with Crippen molar-refractivity contribution < 1.29 is 4.84 Å². The monoisotopic (exact) mass is 180 g/mol. The van der Waals surface area contributed by atoms with Gasteiger partial charge < -0.3 is 4.84 Å². The lowest BCUT2D eigenvalue weighted by molar-refractivity contribution is 0.152. The van der Waals surface area contributed by atoms with E-state index in [0.29, 0.717) is 12.5 Å². The Morgan fingerprint density at radius 2 is 2.31 bits per heavy atom. The molecule has 3 fully saturated rings. The molecule has 0 N–H and O–H groups in total.